The van der Waals surface area contributed by atoms with Gasteiger partial charge in [-0.1, -0.05) is 84.9 Å². The highest BCUT2D eigenvalue weighted by atomic mass is 16.5. The number of rotatable bonds is 6. The topological polar surface area (TPSA) is 29.5 Å². The van der Waals surface area contributed by atoms with Crippen LogP contribution in [0.1, 0.15) is 29.2 Å². The molecule has 0 unspecified atom stereocenters. The first kappa shape index (κ1) is 19.5. The fourth-order valence-electron chi connectivity index (χ4n) is 3.52. The molecule has 0 bridgehead atoms. The lowest BCUT2D eigenvalue weighted by Gasteiger charge is -2.15. The fourth-order valence-corrected chi connectivity index (χ4v) is 3.52. The minimum absolute atomic E-state index is 0.264. The van der Waals surface area contributed by atoms with Crippen molar-refractivity contribution in [2.24, 2.45) is 0 Å². The van der Waals surface area contributed by atoms with Crippen LogP contribution >= 0.6 is 0 Å². The number of ether oxygens (including phenoxy) is 1. The van der Waals surface area contributed by atoms with E-state index in [1.165, 1.54) is 11.1 Å². The molecule has 0 aliphatic heterocycles. The van der Waals surface area contributed by atoms with Crippen molar-refractivity contribution in [2.75, 3.05) is 0 Å². The van der Waals surface area contributed by atoms with Crippen molar-refractivity contribution in [3.05, 3.63) is 131 Å². The SMILES string of the molecule is C/C(=C(/c1ccc(O)cc1)c1ccc(OCc2ccccc2)cc1)c1ccccc1. The van der Waals surface area contributed by atoms with Crippen LogP contribution in [0.4, 0.5) is 0 Å². The number of phenolic OH excluding ortho intramolecular Hbond substituents is 1. The van der Waals surface area contributed by atoms with Crippen molar-refractivity contribution in [3.63, 3.8) is 0 Å². The molecule has 2 heteroatoms. The monoisotopic (exact) mass is 392 g/mol. The van der Waals surface area contributed by atoms with Gasteiger partial charge in [-0.2, -0.15) is 0 Å². The Labute approximate surface area is 177 Å². The summed E-state index contributed by atoms with van der Waals surface area (Å²) in [5.74, 6) is 1.10. The normalized spacial score (nSPS) is 11.6. The average molecular weight is 392 g/mol. The number of phenols is 1. The number of hydrogen-bond donors (Lipinski definition) is 1. The smallest absolute Gasteiger partial charge is 0.119 e. The van der Waals surface area contributed by atoms with Gasteiger partial charge in [0.25, 0.3) is 0 Å². The van der Waals surface area contributed by atoms with Crippen molar-refractivity contribution in [2.45, 2.75) is 13.5 Å². The zero-order chi connectivity index (χ0) is 20.8. The van der Waals surface area contributed by atoms with Crippen LogP contribution < -0.4 is 4.74 Å². The molecule has 4 aromatic carbocycles. The van der Waals surface area contributed by atoms with Gasteiger partial charge in [0, 0.05) is 0 Å². The third-order valence-corrected chi connectivity index (χ3v) is 5.13. The third kappa shape index (κ3) is 4.61. The van der Waals surface area contributed by atoms with Crippen LogP contribution in [0.2, 0.25) is 0 Å². The van der Waals surface area contributed by atoms with E-state index in [9.17, 15) is 5.11 Å². The minimum Gasteiger partial charge on any atom is -0.508 e. The van der Waals surface area contributed by atoms with Crippen molar-refractivity contribution < 1.29 is 9.84 Å². The second-order valence-corrected chi connectivity index (χ2v) is 7.21. The molecule has 0 aliphatic carbocycles. The van der Waals surface area contributed by atoms with Gasteiger partial charge in [0.2, 0.25) is 0 Å². The molecule has 0 amide bonds. The molecule has 4 rings (SSSR count). The van der Waals surface area contributed by atoms with Crippen molar-refractivity contribution in [1.82, 2.24) is 0 Å². The Hall–Kier alpha value is -3.78. The molecule has 0 atom stereocenters. The van der Waals surface area contributed by atoms with E-state index in [2.05, 4.69) is 43.3 Å². The quantitative estimate of drug-likeness (QED) is 0.360. The Kier molecular flexibility index (Phi) is 5.95. The van der Waals surface area contributed by atoms with E-state index in [1.807, 2.05) is 60.7 Å². The second kappa shape index (κ2) is 9.15. The predicted octanol–water partition coefficient (Wildman–Crippen LogP) is 6.95. The van der Waals surface area contributed by atoms with Crippen LogP contribution in [0.5, 0.6) is 11.5 Å². The second-order valence-electron chi connectivity index (χ2n) is 7.21. The number of hydrogen-bond acceptors (Lipinski definition) is 2. The van der Waals surface area contributed by atoms with Crippen molar-refractivity contribution >= 4 is 11.1 Å². The molecule has 0 radical (unpaired) electrons. The summed E-state index contributed by atoms with van der Waals surface area (Å²) in [6, 6.07) is 36.1. The van der Waals surface area contributed by atoms with Gasteiger partial charge < -0.3 is 9.84 Å². The summed E-state index contributed by atoms with van der Waals surface area (Å²) < 4.78 is 5.94. The first-order valence-corrected chi connectivity index (χ1v) is 10.0. The van der Waals surface area contributed by atoms with Crippen LogP contribution in [0.15, 0.2) is 109 Å². The maximum Gasteiger partial charge on any atom is 0.119 e. The Bertz CT molecular complexity index is 1110. The Balaban J connectivity index is 1.66. The molecule has 148 valence electrons. The lowest BCUT2D eigenvalue weighted by Crippen LogP contribution is -1.96. The van der Waals surface area contributed by atoms with E-state index in [4.69, 9.17) is 4.74 Å². The zero-order valence-corrected chi connectivity index (χ0v) is 17.0. The first-order chi connectivity index (χ1) is 14.7. The summed E-state index contributed by atoms with van der Waals surface area (Å²) in [6.45, 7) is 2.68. The standard InChI is InChI=1S/C28H24O2/c1-21(23-10-6-3-7-11-23)28(24-12-16-26(29)17-13-24)25-14-18-27(19-15-25)30-20-22-8-4-2-5-9-22/h2-19,29H,20H2,1H3/b28-21+. The van der Waals surface area contributed by atoms with Gasteiger partial charge in [-0.15, -0.1) is 0 Å². The molecule has 2 nitrogen and oxygen atoms in total. The predicted molar refractivity (Wildman–Crippen MR) is 123 cm³/mol. The van der Waals surface area contributed by atoms with Gasteiger partial charge in [0.15, 0.2) is 0 Å². The molecule has 0 aromatic heterocycles. The van der Waals surface area contributed by atoms with E-state index < -0.39 is 0 Å². The average Bonchev–Trinajstić information content (AvgIpc) is 2.81. The van der Waals surface area contributed by atoms with E-state index in [0.29, 0.717) is 6.61 Å². The molecule has 30 heavy (non-hydrogen) atoms. The van der Waals surface area contributed by atoms with Crippen LogP contribution in [-0.2, 0) is 6.61 Å². The van der Waals surface area contributed by atoms with Gasteiger partial charge in [-0.25, -0.2) is 0 Å². The summed E-state index contributed by atoms with van der Waals surface area (Å²) >= 11 is 0. The maximum absolute atomic E-state index is 9.72. The van der Waals surface area contributed by atoms with Crippen molar-refractivity contribution in [3.8, 4) is 11.5 Å². The molecular formula is C28H24O2. The highest BCUT2D eigenvalue weighted by Gasteiger charge is 2.11. The van der Waals surface area contributed by atoms with Crippen LogP contribution in [0.25, 0.3) is 11.1 Å². The highest BCUT2D eigenvalue weighted by Crippen LogP contribution is 2.33. The van der Waals surface area contributed by atoms with E-state index in [0.717, 1.165) is 28.0 Å². The number of allylic oxidation sites excluding steroid dienone is 1. The lowest BCUT2D eigenvalue weighted by atomic mass is 9.90. The molecule has 1 N–H and O–H groups in total. The summed E-state index contributed by atoms with van der Waals surface area (Å²) in [6.07, 6.45) is 0. The molecule has 0 saturated carbocycles. The molecule has 0 aliphatic rings. The van der Waals surface area contributed by atoms with Gasteiger partial charge in [-0.3, -0.25) is 0 Å². The van der Waals surface area contributed by atoms with E-state index in [-0.39, 0.29) is 5.75 Å². The summed E-state index contributed by atoms with van der Waals surface area (Å²) in [4.78, 5) is 0. The Morgan fingerprint density at radius 2 is 1.17 bits per heavy atom. The molecule has 0 saturated heterocycles. The number of benzene rings is 4. The maximum atomic E-state index is 9.72. The third-order valence-electron chi connectivity index (χ3n) is 5.13. The molecule has 4 aromatic rings. The van der Waals surface area contributed by atoms with Gasteiger partial charge in [0.05, 0.1) is 0 Å². The van der Waals surface area contributed by atoms with E-state index in [1.54, 1.807) is 12.1 Å². The largest absolute Gasteiger partial charge is 0.508 e. The first-order valence-electron chi connectivity index (χ1n) is 10.0. The van der Waals surface area contributed by atoms with E-state index >= 15 is 0 Å². The Morgan fingerprint density at radius 1 is 0.633 bits per heavy atom. The van der Waals surface area contributed by atoms with Crippen LogP contribution in [0, 0.1) is 0 Å². The lowest BCUT2D eigenvalue weighted by molar-refractivity contribution is 0.306. The van der Waals surface area contributed by atoms with Crippen LogP contribution in [-0.4, -0.2) is 5.11 Å². The summed E-state index contributed by atoms with van der Waals surface area (Å²) in [5, 5.41) is 9.72. The Morgan fingerprint density at radius 3 is 1.77 bits per heavy atom. The minimum atomic E-state index is 0.264. The molecular weight excluding hydrogens is 368 g/mol. The van der Waals surface area contributed by atoms with Gasteiger partial charge in [-0.05, 0) is 64.6 Å². The van der Waals surface area contributed by atoms with Gasteiger partial charge >= 0.3 is 0 Å². The zero-order valence-electron chi connectivity index (χ0n) is 17.0. The fraction of sp³-hybridized carbons (Fsp3) is 0.0714. The van der Waals surface area contributed by atoms with Crippen molar-refractivity contribution in [1.29, 1.82) is 0 Å². The molecule has 0 fully saturated rings. The molecule has 0 heterocycles. The highest BCUT2D eigenvalue weighted by molar-refractivity contribution is 5.97. The molecule has 0 spiro atoms. The number of aromatic hydroxyl groups is 1. The summed E-state index contributed by atoms with van der Waals surface area (Å²) in [7, 11) is 0. The summed E-state index contributed by atoms with van der Waals surface area (Å²) in [5.41, 5.74) is 6.80. The van der Waals surface area contributed by atoms with Crippen LogP contribution in [0.3, 0.4) is 0 Å². The van der Waals surface area contributed by atoms with Gasteiger partial charge in [0.1, 0.15) is 18.1 Å².